The number of hydrogen-bond acceptors (Lipinski definition) is 5. The summed E-state index contributed by atoms with van der Waals surface area (Å²) in [5.74, 6) is 0.213. The minimum Gasteiger partial charge on any atom is -0.327 e. The van der Waals surface area contributed by atoms with E-state index >= 15 is 0 Å². The first-order chi connectivity index (χ1) is 11.9. The van der Waals surface area contributed by atoms with E-state index in [0.29, 0.717) is 27.8 Å². The largest absolute Gasteiger partial charge is 0.327 e. The molecule has 3 heterocycles. The Balaban J connectivity index is 2.11. The molecule has 25 heavy (non-hydrogen) atoms. The van der Waals surface area contributed by atoms with E-state index in [0.717, 1.165) is 5.56 Å². The van der Waals surface area contributed by atoms with Crippen LogP contribution in [0, 0.1) is 9.54 Å². The number of anilines is 2. The second kappa shape index (κ2) is 5.80. The third kappa shape index (κ3) is 2.66. The molecule has 3 aromatic rings. The molecule has 2 aromatic heterocycles. The average molecular weight is 392 g/mol. The van der Waals surface area contributed by atoms with Gasteiger partial charge in [0.1, 0.15) is 11.6 Å². The van der Waals surface area contributed by atoms with Gasteiger partial charge < -0.3 is 15.3 Å². The number of nitrogens with one attached hydrogen (secondary N) is 5. The number of H-pyrrole nitrogens is 4. The summed E-state index contributed by atoms with van der Waals surface area (Å²) in [4.78, 5) is 36.1. The highest BCUT2D eigenvalue weighted by Gasteiger charge is 2.33. The van der Waals surface area contributed by atoms with E-state index in [-0.39, 0.29) is 20.7 Å². The molecular formula is C15H10ClN5O2S2. The Bertz CT molecular complexity index is 1150. The van der Waals surface area contributed by atoms with Crippen LogP contribution in [0.3, 0.4) is 0 Å². The van der Waals surface area contributed by atoms with Crippen LogP contribution in [0.2, 0.25) is 5.02 Å². The molecule has 1 aliphatic rings. The van der Waals surface area contributed by atoms with E-state index in [2.05, 4.69) is 25.3 Å². The smallest absolute Gasteiger partial charge is 0.257 e. The predicted octanol–water partition coefficient (Wildman–Crippen LogP) is 3.07. The van der Waals surface area contributed by atoms with Crippen LogP contribution in [-0.4, -0.2) is 19.9 Å². The Labute approximate surface area is 155 Å². The Morgan fingerprint density at radius 3 is 1.76 bits per heavy atom. The van der Waals surface area contributed by atoms with Gasteiger partial charge in [-0.3, -0.25) is 19.6 Å². The van der Waals surface area contributed by atoms with Gasteiger partial charge in [-0.1, -0.05) is 23.7 Å². The lowest BCUT2D eigenvalue weighted by Crippen LogP contribution is -2.31. The summed E-state index contributed by atoms with van der Waals surface area (Å²) in [6.45, 7) is 0. The number of benzene rings is 1. The van der Waals surface area contributed by atoms with Crippen LogP contribution in [0.15, 0.2) is 33.9 Å². The summed E-state index contributed by atoms with van der Waals surface area (Å²) in [5.41, 5.74) is 0.705. The lowest BCUT2D eigenvalue weighted by Gasteiger charge is -2.27. The van der Waals surface area contributed by atoms with Crippen molar-refractivity contribution in [2.24, 2.45) is 0 Å². The first-order valence-corrected chi connectivity index (χ1v) is 8.39. The van der Waals surface area contributed by atoms with Gasteiger partial charge in [-0.2, -0.15) is 0 Å². The highest BCUT2D eigenvalue weighted by atomic mass is 35.5. The van der Waals surface area contributed by atoms with Gasteiger partial charge >= 0.3 is 0 Å². The summed E-state index contributed by atoms with van der Waals surface area (Å²) in [6.07, 6.45) is 0. The molecule has 0 unspecified atom stereocenters. The summed E-state index contributed by atoms with van der Waals surface area (Å²) >= 11 is 16.0. The highest BCUT2D eigenvalue weighted by Crippen LogP contribution is 2.39. The summed E-state index contributed by atoms with van der Waals surface area (Å²) < 4.78 is 0.357. The second-order valence-electron chi connectivity index (χ2n) is 5.50. The summed E-state index contributed by atoms with van der Waals surface area (Å²) in [6, 6.07) is 6.95. The van der Waals surface area contributed by atoms with E-state index < -0.39 is 5.92 Å². The van der Waals surface area contributed by atoms with Crippen molar-refractivity contribution < 1.29 is 0 Å². The maximum Gasteiger partial charge on any atom is 0.257 e. The molecule has 4 rings (SSSR count). The van der Waals surface area contributed by atoms with E-state index in [1.807, 2.05) is 0 Å². The molecule has 0 aliphatic carbocycles. The molecule has 10 heteroatoms. The zero-order valence-electron chi connectivity index (χ0n) is 12.4. The Morgan fingerprint density at radius 1 is 0.800 bits per heavy atom. The van der Waals surface area contributed by atoms with E-state index in [1.165, 1.54) is 0 Å². The van der Waals surface area contributed by atoms with Gasteiger partial charge in [0.2, 0.25) is 0 Å². The van der Waals surface area contributed by atoms with Gasteiger partial charge in [0.05, 0.1) is 17.0 Å². The lowest BCUT2D eigenvalue weighted by molar-refractivity contribution is 0.858. The first-order valence-electron chi connectivity index (χ1n) is 7.19. The molecule has 0 atom stereocenters. The van der Waals surface area contributed by atoms with Crippen molar-refractivity contribution in [1.82, 2.24) is 19.9 Å². The standard InChI is InChI=1S/C15H10ClN5O2S2/c16-6-3-1-5(2-4-6)7-8-10(18-14(24)20-12(8)22)17-11-9(7)13(23)21-15(25)19-11/h1-4,7H,(H5,17,18,19,20,21,22,23,24,25). The zero-order valence-corrected chi connectivity index (χ0v) is 14.8. The molecule has 7 nitrogen and oxygen atoms in total. The van der Waals surface area contributed by atoms with Crippen molar-refractivity contribution in [2.45, 2.75) is 5.92 Å². The van der Waals surface area contributed by atoms with Gasteiger partial charge in [0, 0.05) is 5.02 Å². The monoisotopic (exact) mass is 391 g/mol. The van der Waals surface area contributed by atoms with Gasteiger partial charge in [0.15, 0.2) is 9.54 Å². The van der Waals surface area contributed by atoms with E-state index in [4.69, 9.17) is 36.0 Å². The predicted molar refractivity (Wildman–Crippen MR) is 100 cm³/mol. The van der Waals surface area contributed by atoms with Crippen molar-refractivity contribution in [1.29, 1.82) is 0 Å². The molecule has 0 bridgehead atoms. The first kappa shape index (κ1) is 16.0. The summed E-state index contributed by atoms with van der Waals surface area (Å²) in [7, 11) is 0. The van der Waals surface area contributed by atoms with Crippen molar-refractivity contribution in [3.05, 3.63) is 76.2 Å². The molecule has 0 saturated carbocycles. The third-order valence-electron chi connectivity index (χ3n) is 3.99. The number of fused-ring (bicyclic) bond motifs is 2. The van der Waals surface area contributed by atoms with Crippen LogP contribution in [0.25, 0.3) is 0 Å². The number of halogens is 1. The summed E-state index contributed by atoms with van der Waals surface area (Å²) in [5, 5.41) is 3.56. The average Bonchev–Trinajstić information content (AvgIpc) is 2.53. The molecule has 1 aliphatic heterocycles. The zero-order chi connectivity index (χ0) is 17.7. The van der Waals surface area contributed by atoms with E-state index in [9.17, 15) is 9.59 Å². The number of aromatic amines is 4. The Kier molecular flexibility index (Phi) is 3.71. The maximum absolute atomic E-state index is 12.6. The van der Waals surface area contributed by atoms with Crippen molar-refractivity contribution in [3.63, 3.8) is 0 Å². The van der Waals surface area contributed by atoms with Crippen molar-refractivity contribution in [2.75, 3.05) is 5.32 Å². The molecule has 1 aromatic carbocycles. The highest BCUT2D eigenvalue weighted by molar-refractivity contribution is 7.71. The molecular weight excluding hydrogens is 382 g/mol. The molecule has 5 N–H and O–H groups in total. The molecule has 126 valence electrons. The number of hydrogen-bond donors (Lipinski definition) is 5. The molecule has 0 amide bonds. The molecule has 0 radical (unpaired) electrons. The van der Waals surface area contributed by atoms with Crippen LogP contribution < -0.4 is 16.4 Å². The minimum absolute atomic E-state index is 0.179. The molecule has 0 spiro atoms. The molecule has 0 saturated heterocycles. The SMILES string of the molecule is O=c1[nH]c(=S)[nH]c2c1C(c1ccc(Cl)cc1)c1c([nH]c(=S)[nH]c1=O)N2. The van der Waals surface area contributed by atoms with Crippen LogP contribution in [0.1, 0.15) is 22.6 Å². The lowest BCUT2D eigenvalue weighted by atomic mass is 9.84. The minimum atomic E-state index is -0.616. The normalized spacial score (nSPS) is 13.0. The number of aromatic nitrogens is 4. The van der Waals surface area contributed by atoms with Crippen molar-refractivity contribution in [3.8, 4) is 0 Å². The quantitative estimate of drug-likeness (QED) is 0.320. The van der Waals surface area contributed by atoms with E-state index in [1.54, 1.807) is 24.3 Å². The fraction of sp³-hybridized carbons (Fsp3) is 0.0667. The fourth-order valence-electron chi connectivity index (χ4n) is 3.00. The Morgan fingerprint density at radius 2 is 1.28 bits per heavy atom. The van der Waals surface area contributed by atoms with Gasteiger partial charge in [-0.25, -0.2) is 0 Å². The third-order valence-corrected chi connectivity index (χ3v) is 4.65. The fourth-order valence-corrected chi connectivity index (χ4v) is 3.51. The van der Waals surface area contributed by atoms with Crippen LogP contribution in [-0.2, 0) is 0 Å². The van der Waals surface area contributed by atoms with Gasteiger partial charge in [-0.15, -0.1) is 0 Å². The molecule has 0 fully saturated rings. The van der Waals surface area contributed by atoms with Crippen LogP contribution in [0.5, 0.6) is 0 Å². The van der Waals surface area contributed by atoms with Crippen LogP contribution >= 0.6 is 36.0 Å². The second-order valence-corrected chi connectivity index (χ2v) is 6.76. The Hall–Kier alpha value is -2.49. The van der Waals surface area contributed by atoms with Crippen LogP contribution in [0.4, 0.5) is 11.6 Å². The van der Waals surface area contributed by atoms with Gasteiger partial charge in [0.25, 0.3) is 11.1 Å². The maximum atomic E-state index is 12.6. The van der Waals surface area contributed by atoms with Crippen molar-refractivity contribution >= 4 is 47.7 Å². The topological polar surface area (TPSA) is 109 Å². The number of rotatable bonds is 1. The van der Waals surface area contributed by atoms with Gasteiger partial charge in [-0.05, 0) is 42.1 Å².